The number of aliphatic hydroxyl groups excluding tert-OH is 1. The highest BCUT2D eigenvalue weighted by atomic mass is 32.2. The normalized spacial score (nSPS) is 24.8. The first-order valence-corrected chi connectivity index (χ1v) is 8.26. The zero-order valence-electron chi connectivity index (χ0n) is 11.7. The van der Waals surface area contributed by atoms with E-state index in [2.05, 4.69) is 0 Å². The summed E-state index contributed by atoms with van der Waals surface area (Å²) in [4.78, 5) is 0.269. The number of benzene rings is 2. The van der Waals surface area contributed by atoms with Crippen molar-refractivity contribution in [1.82, 2.24) is 4.31 Å². The molecule has 1 saturated heterocycles. The van der Waals surface area contributed by atoms with Gasteiger partial charge in [0.05, 0.1) is 23.6 Å². The Hall–Kier alpha value is -1.69. The van der Waals surface area contributed by atoms with Gasteiger partial charge in [0.1, 0.15) is 0 Å². The van der Waals surface area contributed by atoms with Gasteiger partial charge in [-0.25, -0.2) is 8.42 Å². The summed E-state index contributed by atoms with van der Waals surface area (Å²) < 4.78 is 26.7. The molecule has 1 aliphatic heterocycles. The quantitative estimate of drug-likeness (QED) is 0.880. The van der Waals surface area contributed by atoms with Crippen LogP contribution in [0.4, 0.5) is 0 Å². The lowest BCUT2D eigenvalue weighted by atomic mass is 10.1. The van der Waals surface area contributed by atoms with E-state index in [0.717, 1.165) is 11.1 Å². The molecule has 3 atom stereocenters. The minimum absolute atomic E-state index is 0.176. The summed E-state index contributed by atoms with van der Waals surface area (Å²) >= 11 is 0. The Morgan fingerprint density at radius 2 is 1.67 bits per heavy atom. The Bertz CT molecular complexity index is 726. The molecule has 1 heterocycles. The van der Waals surface area contributed by atoms with E-state index in [1.807, 2.05) is 37.3 Å². The predicted molar refractivity (Wildman–Crippen MR) is 80.3 cm³/mol. The van der Waals surface area contributed by atoms with Gasteiger partial charge in [0, 0.05) is 0 Å². The highest BCUT2D eigenvalue weighted by Crippen LogP contribution is 2.47. The second-order valence-electron chi connectivity index (χ2n) is 5.25. The summed E-state index contributed by atoms with van der Waals surface area (Å²) in [5.41, 5.74) is 1.92. The number of sulfonamides is 1. The Kier molecular flexibility index (Phi) is 3.57. The van der Waals surface area contributed by atoms with Crippen molar-refractivity contribution in [1.29, 1.82) is 0 Å². The molecule has 0 bridgehead atoms. The van der Waals surface area contributed by atoms with E-state index in [1.165, 1.54) is 4.31 Å². The van der Waals surface area contributed by atoms with Crippen molar-refractivity contribution in [3.05, 3.63) is 65.7 Å². The van der Waals surface area contributed by atoms with E-state index in [0.29, 0.717) is 0 Å². The number of aryl methyl sites for hydroxylation is 1. The van der Waals surface area contributed by atoms with Crippen LogP contribution in [0.1, 0.15) is 17.2 Å². The number of hydrogen-bond donors (Lipinski definition) is 1. The van der Waals surface area contributed by atoms with Crippen LogP contribution in [0.3, 0.4) is 0 Å². The van der Waals surface area contributed by atoms with Gasteiger partial charge in [0.2, 0.25) is 10.0 Å². The molecule has 2 unspecified atom stereocenters. The molecule has 0 aromatic heterocycles. The van der Waals surface area contributed by atoms with Crippen LogP contribution >= 0.6 is 0 Å². The van der Waals surface area contributed by atoms with Gasteiger partial charge in [0.25, 0.3) is 0 Å². The summed E-state index contributed by atoms with van der Waals surface area (Å²) in [6, 6.07) is 15.5. The third-order valence-corrected chi connectivity index (χ3v) is 5.72. The van der Waals surface area contributed by atoms with Gasteiger partial charge >= 0.3 is 0 Å². The molecule has 3 rings (SSSR count). The summed E-state index contributed by atoms with van der Waals surface area (Å²) in [5, 5.41) is 9.46. The largest absolute Gasteiger partial charge is 0.395 e. The van der Waals surface area contributed by atoms with E-state index in [4.69, 9.17) is 0 Å². The highest BCUT2D eigenvalue weighted by Gasteiger charge is 2.55. The van der Waals surface area contributed by atoms with Crippen LogP contribution in [-0.2, 0) is 10.0 Å². The Morgan fingerprint density at radius 3 is 2.24 bits per heavy atom. The highest BCUT2D eigenvalue weighted by molar-refractivity contribution is 7.89. The van der Waals surface area contributed by atoms with E-state index in [-0.39, 0.29) is 23.6 Å². The van der Waals surface area contributed by atoms with Gasteiger partial charge in [-0.05, 0) is 24.6 Å². The van der Waals surface area contributed by atoms with Crippen LogP contribution in [0, 0.1) is 6.92 Å². The molecule has 1 aliphatic rings. The van der Waals surface area contributed by atoms with Gasteiger partial charge in [-0.2, -0.15) is 4.31 Å². The molecule has 0 spiro atoms. The van der Waals surface area contributed by atoms with Crippen molar-refractivity contribution < 1.29 is 13.5 Å². The number of aliphatic hydroxyl groups is 1. The summed E-state index contributed by atoms with van der Waals surface area (Å²) in [6.45, 7) is 1.74. The van der Waals surface area contributed by atoms with Gasteiger partial charge in [0.15, 0.2) is 0 Å². The van der Waals surface area contributed by atoms with Crippen molar-refractivity contribution in [2.24, 2.45) is 0 Å². The standard InChI is InChI=1S/C16H17NO3S/c1-12-7-9-14(10-8-12)21(19,20)17-15(11-18)16(17)13-5-3-2-4-6-13/h2-10,15-16,18H,11H2,1H3/t15-,16?,17?/m0/s1. The molecule has 0 saturated carbocycles. The maximum Gasteiger partial charge on any atom is 0.244 e. The average Bonchev–Trinajstić information content (AvgIpc) is 3.24. The molecular formula is C16H17NO3S. The molecule has 2 aromatic carbocycles. The van der Waals surface area contributed by atoms with Crippen LogP contribution in [0.25, 0.3) is 0 Å². The molecule has 21 heavy (non-hydrogen) atoms. The maximum atomic E-state index is 12.7. The van der Waals surface area contributed by atoms with Crippen molar-refractivity contribution in [3.8, 4) is 0 Å². The third kappa shape index (κ3) is 2.48. The maximum absolute atomic E-state index is 12.7. The topological polar surface area (TPSA) is 57.4 Å². The monoisotopic (exact) mass is 303 g/mol. The lowest BCUT2D eigenvalue weighted by molar-refractivity contribution is 0.286. The minimum Gasteiger partial charge on any atom is -0.395 e. The minimum atomic E-state index is -3.57. The van der Waals surface area contributed by atoms with Crippen LogP contribution in [0.2, 0.25) is 0 Å². The first-order valence-electron chi connectivity index (χ1n) is 6.81. The zero-order chi connectivity index (χ0) is 15.0. The molecule has 1 fully saturated rings. The fraction of sp³-hybridized carbons (Fsp3) is 0.250. The number of rotatable bonds is 4. The Morgan fingerprint density at radius 1 is 1.05 bits per heavy atom. The van der Waals surface area contributed by atoms with E-state index in [1.54, 1.807) is 24.3 Å². The van der Waals surface area contributed by atoms with E-state index >= 15 is 0 Å². The molecule has 5 heteroatoms. The summed E-state index contributed by atoms with van der Waals surface area (Å²) in [5.74, 6) is 0. The summed E-state index contributed by atoms with van der Waals surface area (Å²) in [7, 11) is -3.57. The number of nitrogens with zero attached hydrogens (tertiary/aromatic N) is 1. The molecule has 2 aromatic rings. The van der Waals surface area contributed by atoms with Gasteiger partial charge in [-0.3, -0.25) is 0 Å². The molecule has 0 amide bonds. The molecule has 0 radical (unpaired) electrons. The van der Waals surface area contributed by atoms with Crippen LogP contribution in [0.5, 0.6) is 0 Å². The lowest BCUT2D eigenvalue weighted by Gasteiger charge is -2.07. The van der Waals surface area contributed by atoms with Gasteiger partial charge in [-0.15, -0.1) is 0 Å². The number of hydrogen-bond acceptors (Lipinski definition) is 3. The zero-order valence-corrected chi connectivity index (χ0v) is 12.5. The van der Waals surface area contributed by atoms with E-state index < -0.39 is 10.0 Å². The van der Waals surface area contributed by atoms with Crippen molar-refractivity contribution in [3.63, 3.8) is 0 Å². The first-order chi connectivity index (χ1) is 10.1. The second-order valence-corrected chi connectivity index (χ2v) is 7.10. The molecule has 4 nitrogen and oxygen atoms in total. The third-order valence-electron chi connectivity index (χ3n) is 3.80. The van der Waals surface area contributed by atoms with Crippen LogP contribution in [0.15, 0.2) is 59.5 Å². The second kappa shape index (κ2) is 5.26. The lowest BCUT2D eigenvalue weighted by Crippen LogP contribution is -2.16. The molecular weight excluding hydrogens is 286 g/mol. The Labute approximate surface area is 124 Å². The van der Waals surface area contributed by atoms with Crippen molar-refractivity contribution in [2.75, 3.05) is 6.61 Å². The fourth-order valence-corrected chi connectivity index (χ4v) is 4.39. The molecule has 1 N–H and O–H groups in total. The summed E-state index contributed by atoms with van der Waals surface area (Å²) in [6.07, 6.45) is 0. The van der Waals surface area contributed by atoms with Crippen molar-refractivity contribution >= 4 is 10.0 Å². The molecule has 110 valence electrons. The van der Waals surface area contributed by atoms with Crippen LogP contribution in [-0.4, -0.2) is 30.5 Å². The Balaban J connectivity index is 1.94. The smallest absolute Gasteiger partial charge is 0.244 e. The molecule has 0 aliphatic carbocycles. The predicted octanol–water partition coefficient (Wildman–Crippen LogP) is 2.10. The van der Waals surface area contributed by atoms with Crippen molar-refractivity contribution in [2.45, 2.75) is 23.9 Å². The van der Waals surface area contributed by atoms with Gasteiger partial charge < -0.3 is 5.11 Å². The SMILES string of the molecule is Cc1ccc(S(=O)(=O)N2C(c3ccccc3)[C@@H]2CO)cc1. The van der Waals surface area contributed by atoms with Crippen LogP contribution < -0.4 is 0 Å². The first kappa shape index (κ1) is 14.3. The van der Waals surface area contributed by atoms with Gasteiger partial charge in [-0.1, -0.05) is 48.0 Å². The van der Waals surface area contributed by atoms with E-state index in [9.17, 15) is 13.5 Å². The average molecular weight is 303 g/mol. The fourth-order valence-electron chi connectivity index (χ4n) is 2.62.